The molecule has 0 aromatic heterocycles. The second kappa shape index (κ2) is 10.9. The van der Waals surface area contributed by atoms with Crippen LogP contribution in [0.1, 0.15) is 20.7 Å². The van der Waals surface area contributed by atoms with E-state index in [1.807, 2.05) is 0 Å². The largest absolute Gasteiger partial charge is 0.481 e. The van der Waals surface area contributed by atoms with Crippen molar-refractivity contribution in [2.24, 2.45) is 0 Å². The van der Waals surface area contributed by atoms with E-state index in [0.717, 1.165) is 0 Å². The lowest BCUT2D eigenvalue weighted by Crippen LogP contribution is -2.01. The molecule has 0 N–H and O–H groups in total. The lowest BCUT2D eigenvalue weighted by Gasteiger charge is -2.03. The molecule has 0 spiro atoms. The fourth-order valence-electron chi connectivity index (χ4n) is 2.01. The minimum atomic E-state index is -0.400. The number of hydrogen-bond acceptors (Lipinski definition) is 6. The lowest BCUT2D eigenvalue weighted by atomic mass is 10.2. The molecule has 142 valence electrons. The summed E-state index contributed by atoms with van der Waals surface area (Å²) >= 11 is 0. The van der Waals surface area contributed by atoms with Gasteiger partial charge in [-0.1, -0.05) is 0 Å². The Bertz CT molecular complexity index is 842. The Kier molecular flexibility index (Phi) is 7.98. The zero-order chi connectivity index (χ0) is 20.2. The average molecular weight is 378 g/mol. The molecule has 0 aliphatic heterocycles. The van der Waals surface area contributed by atoms with Gasteiger partial charge in [-0.05, 0) is 72.2 Å². The Morgan fingerprint density at radius 3 is 1.36 bits per heavy atom. The van der Waals surface area contributed by atoms with Gasteiger partial charge in [0.25, 0.3) is 0 Å². The number of esters is 2. The van der Waals surface area contributed by atoms with E-state index in [1.54, 1.807) is 48.5 Å². The van der Waals surface area contributed by atoms with Crippen molar-refractivity contribution < 1.29 is 28.5 Å². The van der Waals surface area contributed by atoms with E-state index in [9.17, 15) is 9.59 Å². The first-order valence-corrected chi connectivity index (χ1v) is 8.22. The molecule has 6 heteroatoms. The summed E-state index contributed by atoms with van der Waals surface area (Å²) < 4.78 is 20.1. The molecule has 2 aromatic rings. The van der Waals surface area contributed by atoms with Gasteiger partial charge in [-0.25, -0.2) is 9.59 Å². The summed E-state index contributed by atoms with van der Waals surface area (Å²) in [6.07, 6.45) is 0. The molecule has 0 radical (unpaired) electrons. The molecule has 0 saturated carbocycles. The molecule has 0 unspecified atom stereocenters. The first-order chi connectivity index (χ1) is 13.6. The number of rotatable bonds is 6. The molecule has 0 bridgehead atoms. The van der Waals surface area contributed by atoms with Crippen molar-refractivity contribution in [1.29, 1.82) is 0 Å². The fourth-order valence-corrected chi connectivity index (χ4v) is 2.01. The molecule has 0 atom stereocenters. The smallest absolute Gasteiger partial charge is 0.337 e. The molecule has 6 nitrogen and oxygen atoms in total. The number of methoxy groups -OCH3 is 2. The number of ether oxygens (including phenoxy) is 4. The Morgan fingerprint density at radius 1 is 0.679 bits per heavy atom. The molecular weight excluding hydrogens is 360 g/mol. The Hall–Kier alpha value is -3.90. The van der Waals surface area contributed by atoms with E-state index in [4.69, 9.17) is 9.47 Å². The minimum Gasteiger partial charge on any atom is -0.481 e. The van der Waals surface area contributed by atoms with Crippen LogP contribution in [0.25, 0.3) is 0 Å². The SMILES string of the molecule is COC(=O)c1ccc(OCC#CC#CCOc2ccc(C(=O)OC)cc2)cc1. The molecule has 2 rings (SSSR count). The van der Waals surface area contributed by atoms with Crippen LogP contribution in [0.4, 0.5) is 0 Å². The Morgan fingerprint density at radius 2 is 1.04 bits per heavy atom. The van der Waals surface area contributed by atoms with Crippen molar-refractivity contribution in [1.82, 2.24) is 0 Å². The van der Waals surface area contributed by atoms with E-state index >= 15 is 0 Å². The number of carbonyl (C=O) groups is 2. The molecule has 0 amide bonds. The van der Waals surface area contributed by atoms with Crippen molar-refractivity contribution in [3.63, 3.8) is 0 Å². The van der Waals surface area contributed by atoms with Crippen LogP contribution in [-0.4, -0.2) is 39.4 Å². The molecule has 28 heavy (non-hydrogen) atoms. The zero-order valence-corrected chi connectivity index (χ0v) is 15.5. The minimum absolute atomic E-state index is 0.169. The molecular formula is C22H18O6. The van der Waals surface area contributed by atoms with Crippen molar-refractivity contribution in [2.75, 3.05) is 27.4 Å². The second-order valence-electron chi connectivity index (χ2n) is 5.21. The van der Waals surface area contributed by atoms with Crippen LogP contribution in [0.3, 0.4) is 0 Å². The van der Waals surface area contributed by atoms with Crippen LogP contribution < -0.4 is 9.47 Å². The highest BCUT2D eigenvalue weighted by Gasteiger charge is 2.04. The number of benzene rings is 2. The predicted octanol–water partition coefficient (Wildman–Crippen LogP) is 2.72. The maximum atomic E-state index is 11.3. The maximum Gasteiger partial charge on any atom is 0.337 e. The quantitative estimate of drug-likeness (QED) is 0.569. The van der Waals surface area contributed by atoms with E-state index in [2.05, 4.69) is 33.2 Å². The first kappa shape index (κ1) is 20.4. The summed E-state index contributed by atoms with van der Waals surface area (Å²) in [5.41, 5.74) is 0.901. The van der Waals surface area contributed by atoms with Gasteiger partial charge < -0.3 is 18.9 Å². The molecule has 0 aliphatic rings. The summed E-state index contributed by atoms with van der Waals surface area (Å²) in [7, 11) is 2.66. The summed E-state index contributed by atoms with van der Waals surface area (Å²) in [6.45, 7) is 0.337. The van der Waals surface area contributed by atoms with Crippen LogP contribution in [0, 0.1) is 23.7 Å². The van der Waals surface area contributed by atoms with Crippen molar-refractivity contribution in [3.8, 4) is 35.2 Å². The molecule has 0 heterocycles. The highest BCUT2D eigenvalue weighted by Crippen LogP contribution is 2.13. The second-order valence-corrected chi connectivity index (χ2v) is 5.21. The molecule has 2 aromatic carbocycles. The van der Waals surface area contributed by atoms with Gasteiger partial charge in [-0.2, -0.15) is 0 Å². The van der Waals surface area contributed by atoms with Crippen LogP contribution in [-0.2, 0) is 9.47 Å². The van der Waals surface area contributed by atoms with Gasteiger partial charge in [-0.3, -0.25) is 0 Å². The fraction of sp³-hybridized carbons (Fsp3) is 0.182. The van der Waals surface area contributed by atoms with E-state index < -0.39 is 11.9 Å². The van der Waals surface area contributed by atoms with Gasteiger partial charge in [0.05, 0.1) is 25.3 Å². The third-order valence-corrected chi connectivity index (χ3v) is 3.41. The van der Waals surface area contributed by atoms with Gasteiger partial charge in [0.2, 0.25) is 0 Å². The molecule has 0 fully saturated rings. The zero-order valence-electron chi connectivity index (χ0n) is 15.5. The summed E-state index contributed by atoms with van der Waals surface area (Å²) in [5.74, 6) is 11.2. The standard InChI is InChI=1S/C22H18O6/c1-25-21(23)17-7-11-19(12-8-17)27-15-5-3-4-6-16-28-20-13-9-18(10-14-20)22(24)26-2/h7-14H,15-16H2,1-2H3. The van der Waals surface area contributed by atoms with E-state index in [0.29, 0.717) is 22.6 Å². The molecule has 0 aliphatic carbocycles. The monoisotopic (exact) mass is 378 g/mol. The first-order valence-electron chi connectivity index (χ1n) is 8.22. The highest BCUT2D eigenvalue weighted by molar-refractivity contribution is 5.89. The van der Waals surface area contributed by atoms with Gasteiger partial charge in [-0.15, -0.1) is 0 Å². The summed E-state index contributed by atoms with van der Waals surface area (Å²) in [6, 6.07) is 13.1. The lowest BCUT2D eigenvalue weighted by molar-refractivity contribution is 0.0592. The van der Waals surface area contributed by atoms with Gasteiger partial charge >= 0.3 is 11.9 Å². The van der Waals surface area contributed by atoms with Crippen LogP contribution in [0.2, 0.25) is 0 Å². The van der Waals surface area contributed by atoms with Gasteiger partial charge in [0.1, 0.15) is 24.7 Å². The van der Waals surface area contributed by atoms with E-state index in [-0.39, 0.29) is 13.2 Å². The Labute approximate surface area is 163 Å². The molecule has 0 saturated heterocycles. The maximum absolute atomic E-state index is 11.3. The van der Waals surface area contributed by atoms with Crippen molar-refractivity contribution in [2.45, 2.75) is 0 Å². The third-order valence-electron chi connectivity index (χ3n) is 3.41. The van der Waals surface area contributed by atoms with Gasteiger partial charge in [0, 0.05) is 0 Å². The average Bonchev–Trinajstić information content (AvgIpc) is 2.75. The van der Waals surface area contributed by atoms with Crippen LogP contribution in [0.5, 0.6) is 11.5 Å². The number of carbonyl (C=O) groups excluding carboxylic acids is 2. The van der Waals surface area contributed by atoms with E-state index in [1.165, 1.54) is 14.2 Å². The highest BCUT2D eigenvalue weighted by atomic mass is 16.5. The predicted molar refractivity (Wildman–Crippen MR) is 102 cm³/mol. The third kappa shape index (κ3) is 6.44. The van der Waals surface area contributed by atoms with Gasteiger partial charge in [0.15, 0.2) is 0 Å². The number of hydrogen-bond donors (Lipinski definition) is 0. The normalized spacial score (nSPS) is 9.07. The van der Waals surface area contributed by atoms with Crippen LogP contribution >= 0.6 is 0 Å². The topological polar surface area (TPSA) is 71.1 Å². The van der Waals surface area contributed by atoms with Crippen molar-refractivity contribution in [3.05, 3.63) is 59.7 Å². The summed E-state index contributed by atoms with van der Waals surface area (Å²) in [4.78, 5) is 22.7. The summed E-state index contributed by atoms with van der Waals surface area (Å²) in [5, 5.41) is 0. The van der Waals surface area contributed by atoms with Crippen LogP contribution in [0.15, 0.2) is 48.5 Å². The van der Waals surface area contributed by atoms with Crippen molar-refractivity contribution >= 4 is 11.9 Å². The Balaban J connectivity index is 1.71.